The zero-order valence-electron chi connectivity index (χ0n) is 11.6. The number of rotatable bonds is 6. The van der Waals surface area contributed by atoms with Crippen LogP contribution < -0.4 is 15.8 Å². The number of hydrogen-bond donors (Lipinski definition) is 2. The van der Waals surface area contributed by atoms with Gasteiger partial charge in [0.1, 0.15) is 5.75 Å². The Labute approximate surface area is 119 Å². The van der Waals surface area contributed by atoms with Gasteiger partial charge in [-0.1, -0.05) is 25.4 Å². The average molecular weight is 285 g/mol. The fraction of sp³-hybridized carbons (Fsp3) is 0.500. The van der Waals surface area contributed by atoms with Gasteiger partial charge in [-0.3, -0.25) is 4.79 Å². The number of hydrogen-bond acceptors (Lipinski definition) is 3. The number of carbonyl (C=O) groups excluding carboxylic acids is 1. The van der Waals surface area contributed by atoms with E-state index in [1.165, 1.54) is 0 Å². The van der Waals surface area contributed by atoms with Gasteiger partial charge in [-0.25, -0.2) is 0 Å². The van der Waals surface area contributed by atoms with Gasteiger partial charge in [0.15, 0.2) is 0 Å². The topological polar surface area (TPSA) is 64.3 Å². The molecule has 1 aromatic carbocycles. The first-order chi connectivity index (χ1) is 8.95. The van der Waals surface area contributed by atoms with Crippen molar-refractivity contribution in [1.29, 1.82) is 0 Å². The van der Waals surface area contributed by atoms with Gasteiger partial charge in [0.05, 0.1) is 18.2 Å². The number of nitrogens with two attached hydrogens (primary N) is 1. The molecule has 0 saturated heterocycles. The summed E-state index contributed by atoms with van der Waals surface area (Å²) < 4.78 is 5.58. The number of halogens is 1. The van der Waals surface area contributed by atoms with Crippen molar-refractivity contribution in [3.8, 4) is 5.75 Å². The molecule has 19 heavy (non-hydrogen) atoms. The second-order valence-corrected chi connectivity index (χ2v) is 5.06. The van der Waals surface area contributed by atoms with Gasteiger partial charge in [-0.2, -0.15) is 0 Å². The molecule has 1 amide bonds. The van der Waals surface area contributed by atoms with E-state index >= 15 is 0 Å². The van der Waals surface area contributed by atoms with E-state index in [0.717, 1.165) is 6.42 Å². The quantitative estimate of drug-likeness (QED) is 0.844. The Morgan fingerprint density at radius 2 is 2.16 bits per heavy atom. The summed E-state index contributed by atoms with van der Waals surface area (Å²) >= 11 is 5.94. The smallest absolute Gasteiger partial charge is 0.228 e. The number of ether oxygens (including phenoxy) is 1. The normalized spacial score (nSPS) is 13.7. The van der Waals surface area contributed by atoms with Crippen LogP contribution in [-0.4, -0.2) is 18.6 Å². The monoisotopic (exact) mass is 284 g/mol. The Hall–Kier alpha value is -1.26. The van der Waals surface area contributed by atoms with E-state index in [-0.39, 0.29) is 17.9 Å². The molecule has 4 nitrogen and oxygen atoms in total. The molecule has 0 bridgehead atoms. The Morgan fingerprint density at radius 3 is 2.74 bits per heavy atom. The van der Waals surface area contributed by atoms with E-state index in [1.54, 1.807) is 32.0 Å². The van der Waals surface area contributed by atoms with Gasteiger partial charge in [0, 0.05) is 11.1 Å². The van der Waals surface area contributed by atoms with E-state index in [4.69, 9.17) is 22.1 Å². The first-order valence-corrected chi connectivity index (χ1v) is 6.82. The second kappa shape index (κ2) is 7.36. The van der Waals surface area contributed by atoms with Crippen molar-refractivity contribution in [3.05, 3.63) is 23.2 Å². The molecule has 0 aliphatic heterocycles. The minimum atomic E-state index is -0.280. The molecule has 106 valence electrons. The summed E-state index contributed by atoms with van der Waals surface area (Å²) in [5.41, 5.74) is 6.30. The summed E-state index contributed by atoms with van der Waals surface area (Å²) in [6.45, 7) is 6.20. The largest absolute Gasteiger partial charge is 0.491 e. The Bertz CT molecular complexity index is 435. The zero-order valence-corrected chi connectivity index (χ0v) is 12.3. The number of carbonyl (C=O) groups is 1. The predicted molar refractivity (Wildman–Crippen MR) is 78.7 cm³/mol. The highest BCUT2D eigenvalue weighted by Gasteiger charge is 2.18. The Morgan fingerprint density at radius 1 is 1.47 bits per heavy atom. The van der Waals surface area contributed by atoms with Crippen LogP contribution >= 0.6 is 11.6 Å². The third-order valence-electron chi connectivity index (χ3n) is 2.86. The molecular formula is C14H21ClN2O2. The molecular weight excluding hydrogens is 264 g/mol. The predicted octanol–water partition coefficient (Wildman–Crippen LogP) is 3.05. The number of amides is 1. The van der Waals surface area contributed by atoms with Crippen LogP contribution in [0.3, 0.4) is 0 Å². The Balaban J connectivity index is 2.86. The highest BCUT2D eigenvalue weighted by Crippen LogP contribution is 2.28. The summed E-state index contributed by atoms with van der Waals surface area (Å²) in [6, 6.07) is 4.96. The minimum absolute atomic E-state index is 0.140. The third-order valence-corrected chi connectivity index (χ3v) is 3.10. The Kier molecular flexibility index (Phi) is 6.12. The molecule has 0 saturated carbocycles. The van der Waals surface area contributed by atoms with E-state index < -0.39 is 0 Å². The lowest BCUT2D eigenvalue weighted by Crippen LogP contribution is -2.34. The summed E-state index contributed by atoms with van der Waals surface area (Å²) in [6.07, 6.45) is 0.895. The third kappa shape index (κ3) is 4.73. The van der Waals surface area contributed by atoms with Crippen LogP contribution in [0.5, 0.6) is 5.75 Å². The zero-order chi connectivity index (χ0) is 14.4. The maximum absolute atomic E-state index is 12.0. The lowest BCUT2D eigenvalue weighted by Gasteiger charge is -2.17. The first-order valence-electron chi connectivity index (χ1n) is 6.44. The van der Waals surface area contributed by atoms with Crippen molar-refractivity contribution in [2.75, 3.05) is 11.9 Å². The maximum Gasteiger partial charge on any atom is 0.228 e. The van der Waals surface area contributed by atoms with Crippen LogP contribution in [0.2, 0.25) is 5.02 Å². The van der Waals surface area contributed by atoms with Crippen LogP contribution in [0, 0.1) is 5.92 Å². The molecule has 0 fully saturated rings. The fourth-order valence-corrected chi connectivity index (χ4v) is 1.60. The van der Waals surface area contributed by atoms with E-state index in [9.17, 15) is 4.79 Å². The minimum Gasteiger partial charge on any atom is -0.491 e. The van der Waals surface area contributed by atoms with E-state index in [0.29, 0.717) is 23.1 Å². The first kappa shape index (κ1) is 15.8. The maximum atomic E-state index is 12.0. The van der Waals surface area contributed by atoms with Crippen LogP contribution in [0.4, 0.5) is 5.69 Å². The number of benzene rings is 1. The van der Waals surface area contributed by atoms with Gasteiger partial charge >= 0.3 is 0 Å². The lowest BCUT2D eigenvalue weighted by molar-refractivity contribution is -0.119. The van der Waals surface area contributed by atoms with Gasteiger partial charge in [0.25, 0.3) is 0 Å². The SMILES string of the molecule is CCCOc1ccc(Cl)cc1NC(=O)C(C)C(C)N. The van der Waals surface area contributed by atoms with Crippen molar-refractivity contribution >= 4 is 23.2 Å². The van der Waals surface area contributed by atoms with Gasteiger partial charge in [-0.05, 0) is 31.5 Å². The summed E-state index contributed by atoms with van der Waals surface area (Å²) in [7, 11) is 0. The van der Waals surface area contributed by atoms with Crippen LogP contribution in [0.1, 0.15) is 27.2 Å². The van der Waals surface area contributed by atoms with Gasteiger partial charge in [0.2, 0.25) is 5.91 Å². The van der Waals surface area contributed by atoms with Crippen molar-refractivity contribution < 1.29 is 9.53 Å². The molecule has 0 aromatic heterocycles. The molecule has 0 spiro atoms. The molecule has 2 unspecified atom stereocenters. The number of nitrogens with one attached hydrogen (secondary N) is 1. The van der Waals surface area contributed by atoms with Crippen LogP contribution in [0.15, 0.2) is 18.2 Å². The van der Waals surface area contributed by atoms with Crippen molar-refractivity contribution in [2.45, 2.75) is 33.2 Å². The molecule has 0 heterocycles. The van der Waals surface area contributed by atoms with Crippen LogP contribution in [0.25, 0.3) is 0 Å². The van der Waals surface area contributed by atoms with E-state index in [2.05, 4.69) is 5.32 Å². The summed E-state index contributed by atoms with van der Waals surface area (Å²) in [5.74, 6) is 0.202. The van der Waals surface area contributed by atoms with E-state index in [1.807, 2.05) is 6.92 Å². The highest BCUT2D eigenvalue weighted by atomic mass is 35.5. The molecule has 3 N–H and O–H groups in total. The second-order valence-electron chi connectivity index (χ2n) is 4.63. The average Bonchev–Trinajstić information content (AvgIpc) is 2.36. The molecule has 2 atom stereocenters. The van der Waals surface area contributed by atoms with Crippen molar-refractivity contribution in [3.63, 3.8) is 0 Å². The highest BCUT2D eigenvalue weighted by molar-refractivity contribution is 6.31. The van der Waals surface area contributed by atoms with Gasteiger partial charge in [-0.15, -0.1) is 0 Å². The molecule has 5 heteroatoms. The van der Waals surface area contributed by atoms with Gasteiger partial charge < -0.3 is 15.8 Å². The molecule has 1 rings (SSSR count). The summed E-state index contributed by atoms with van der Waals surface area (Å²) in [4.78, 5) is 12.0. The standard InChI is InChI=1S/C14H21ClN2O2/c1-4-7-19-13-6-5-11(15)8-12(13)17-14(18)9(2)10(3)16/h5-6,8-10H,4,7,16H2,1-3H3,(H,17,18). The van der Waals surface area contributed by atoms with Crippen LogP contribution in [-0.2, 0) is 4.79 Å². The molecule has 0 radical (unpaired) electrons. The fourth-order valence-electron chi connectivity index (χ4n) is 1.42. The van der Waals surface area contributed by atoms with Crippen molar-refractivity contribution in [1.82, 2.24) is 0 Å². The molecule has 0 aliphatic rings. The van der Waals surface area contributed by atoms with Crippen molar-refractivity contribution in [2.24, 2.45) is 11.7 Å². The molecule has 1 aromatic rings. The molecule has 0 aliphatic carbocycles. The lowest BCUT2D eigenvalue weighted by atomic mass is 10.0. The number of anilines is 1. The summed E-state index contributed by atoms with van der Waals surface area (Å²) in [5, 5.41) is 3.36.